The number of ketones is 1. The number of halogens is 1. The molecule has 1 fully saturated rings. The summed E-state index contributed by atoms with van der Waals surface area (Å²) >= 11 is 3.47. The highest BCUT2D eigenvalue weighted by Gasteiger charge is 2.47. The molecule has 0 aromatic heterocycles. The van der Waals surface area contributed by atoms with E-state index in [9.17, 15) is 14.7 Å². The molecule has 0 saturated carbocycles. The Balaban J connectivity index is 1.79. The fourth-order valence-corrected chi connectivity index (χ4v) is 4.82. The molecule has 1 N–H and O–H groups in total. The average molecular weight is 528 g/mol. The smallest absolute Gasteiger partial charge is 0.300 e. The molecule has 5 rings (SSSR count). The fraction of sp³-hybridized carbons (Fsp3) is 0.103. The van der Waals surface area contributed by atoms with Crippen molar-refractivity contribution in [1.82, 2.24) is 0 Å². The number of methoxy groups -OCH3 is 1. The molecule has 35 heavy (non-hydrogen) atoms. The molecular formula is C29H22BrNO4. The summed E-state index contributed by atoms with van der Waals surface area (Å²) in [6, 6.07) is 25.1. The lowest BCUT2D eigenvalue weighted by atomic mass is 9.91. The van der Waals surface area contributed by atoms with Crippen LogP contribution in [0.2, 0.25) is 0 Å². The van der Waals surface area contributed by atoms with Crippen molar-refractivity contribution in [3.05, 3.63) is 112 Å². The van der Waals surface area contributed by atoms with Crippen molar-refractivity contribution < 1.29 is 19.4 Å². The molecule has 1 atom stereocenters. The summed E-state index contributed by atoms with van der Waals surface area (Å²) in [4.78, 5) is 28.4. The minimum Gasteiger partial charge on any atom is -0.507 e. The van der Waals surface area contributed by atoms with Crippen LogP contribution in [0.5, 0.6) is 5.75 Å². The number of benzene rings is 4. The van der Waals surface area contributed by atoms with Crippen molar-refractivity contribution >= 4 is 49.8 Å². The van der Waals surface area contributed by atoms with Gasteiger partial charge in [0.1, 0.15) is 11.5 Å². The maximum absolute atomic E-state index is 13.5. The summed E-state index contributed by atoms with van der Waals surface area (Å²) in [5.74, 6) is -0.981. The van der Waals surface area contributed by atoms with Gasteiger partial charge in [0.2, 0.25) is 0 Å². The Morgan fingerprint density at radius 1 is 0.943 bits per heavy atom. The van der Waals surface area contributed by atoms with Crippen molar-refractivity contribution in [2.45, 2.75) is 13.0 Å². The Labute approximate surface area is 211 Å². The van der Waals surface area contributed by atoms with Crippen LogP contribution in [-0.4, -0.2) is 23.9 Å². The average Bonchev–Trinajstić information content (AvgIpc) is 3.15. The Hall–Kier alpha value is -3.90. The number of anilines is 1. The Bertz CT molecular complexity index is 1500. The quantitative estimate of drug-likeness (QED) is 0.186. The number of aliphatic hydroxyl groups excluding tert-OH is 1. The largest absolute Gasteiger partial charge is 0.507 e. The number of amides is 1. The van der Waals surface area contributed by atoms with Crippen molar-refractivity contribution in [1.29, 1.82) is 0 Å². The van der Waals surface area contributed by atoms with E-state index in [2.05, 4.69) is 15.9 Å². The van der Waals surface area contributed by atoms with Gasteiger partial charge in [-0.3, -0.25) is 14.5 Å². The van der Waals surface area contributed by atoms with Gasteiger partial charge in [-0.1, -0.05) is 64.5 Å². The van der Waals surface area contributed by atoms with Crippen LogP contribution in [0.25, 0.3) is 16.5 Å². The van der Waals surface area contributed by atoms with Crippen molar-refractivity contribution in [2.75, 3.05) is 12.0 Å². The molecule has 1 saturated heterocycles. The summed E-state index contributed by atoms with van der Waals surface area (Å²) in [6.07, 6.45) is 0. The monoisotopic (exact) mass is 527 g/mol. The first-order valence-electron chi connectivity index (χ1n) is 11.1. The number of ether oxygens (including phenoxy) is 1. The SMILES string of the molecule is COc1ccc(N2C(=O)C(=O)/C(=C(\O)c3ccc(Br)c(C)c3)C2c2cccc3ccccc23)cc1. The summed E-state index contributed by atoms with van der Waals surface area (Å²) in [6.45, 7) is 1.90. The molecule has 174 valence electrons. The number of hydrogen-bond acceptors (Lipinski definition) is 4. The lowest BCUT2D eigenvalue weighted by Gasteiger charge is -2.26. The van der Waals surface area contributed by atoms with Crippen molar-refractivity contribution in [3.63, 3.8) is 0 Å². The summed E-state index contributed by atoms with van der Waals surface area (Å²) < 4.78 is 6.15. The third-order valence-corrected chi connectivity index (χ3v) is 7.23. The number of fused-ring (bicyclic) bond motifs is 1. The second kappa shape index (κ2) is 9.04. The molecule has 6 heteroatoms. The van der Waals surface area contributed by atoms with E-state index in [0.717, 1.165) is 26.4 Å². The molecule has 5 nitrogen and oxygen atoms in total. The van der Waals surface area contributed by atoms with Crippen LogP contribution in [0.15, 0.2) is 95.0 Å². The molecule has 4 aromatic rings. The maximum Gasteiger partial charge on any atom is 0.300 e. The van der Waals surface area contributed by atoms with E-state index in [-0.39, 0.29) is 11.3 Å². The van der Waals surface area contributed by atoms with E-state index in [1.54, 1.807) is 43.5 Å². The number of hydrogen-bond donors (Lipinski definition) is 1. The maximum atomic E-state index is 13.5. The van der Waals surface area contributed by atoms with Gasteiger partial charge in [-0.25, -0.2) is 0 Å². The van der Waals surface area contributed by atoms with E-state index in [1.165, 1.54) is 4.90 Å². The Kier molecular flexibility index (Phi) is 5.91. The highest BCUT2D eigenvalue weighted by molar-refractivity contribution is 9.10. The summed E-state index contributed by atoms with van der Waals surface area (Å²) in [7, 11) is 1.57. The topological polar surface area (TPSA) is 66.8 Å². The van der Waals surface area contributed by atoms with Crippen LogP contribution in [0.1, 0.15) is 22.7 Å². The van der Waals surface area contributed by atoms with E-state index < -0.39 is 17.7 Å². The van der Waals surface area contributed by atoms with Crippen LogP contribution in [0.4, 0.5) is 5.69 Å². The van der Waals surface area contributed by atoms with Crippen LogP contribution in [-0.2, 0) is 9.59 Å². The van der Waals surface area contributed by atoms with E-state index in [0.29, 0.717) is 17.0 Å². The second-order valence-electron chi connectivity index (χ2n) is 8.40. The van der Waals surface area contributed by atoms with Gasteiger partial charge in [-0.2, -0.15) is 0 Å². The summed E-state index contributed by atoms with van der Waals surface area (Å²) in [5.41, 5.74) is 2.73. The van der Waals surface area contributed by atoms with E-state index >= 15 is 0 Å². The molecule has 1 unspecified atom stereocenters. The fourth-order valence-electron chi connectivity index (χ4n) is 4.57. The van der Waals surface area contributed by atoms with Crippen LogP contribution >= 0.6 is 15.9 Å². The van der Waals surface area contributed by atoms with Crippen molar-refractivity contribution in [2.24, 2.45) is 0 Å². The Morgan fingerprint density at radius 3 is 2.37 bits per heavy atom. The minimum atomic E-state index is -0.807. The number of carbonyl (C=O) groups excluding carboxylic acids is 2. The zero-order valence-electron chi connectivity index (χ0n) is 19.2. The van der Waals surface area contributed by atoms with Crippen molar-refractivity contribution in [3.8, 4) is 5.75 Å². The van der Waals surface area contributed by atoms with Crippen LogP contribution in [0.3, 0.4) is 0 Å². The third-order valence-electron chi connectivity index (χ3n) is 6.34. The van der Waals surface area contributed by atoms with E-state index in [4.69, 9.17) is 4.74 Å². The zero-order chi connectivity index (χ0) is 24.7. The molecular weight excluding hydrogens is 506 g/mol. The molecule has 1 aliphatic heterocycles. The Morgan fingerprint density at radius 2 is 1.66 bits per heavy atom. The number of aryl methyl sites for hydroxylation is 1. The standard InChI is InChI=1S/C29H22BrNO4/c1-17-16-19(10-15-24(17)30)27(32)25-26(23-9-5-7-18-6-3-4-8-22(18)23)31(29(34)28(25)33)20-11-13-21(35-2)14-12-20/h3-16,26,32H,1-2H3/b27-25-. The lowest BCUT2D eigenvalue weighted by Crippen LogP contribution is -2.29. The second-order valence-corrected chi connectivity index (χ2v) is 9.25. The molecule has 0 spiro atoms. The third kappa shape index (κ3) is 3.90. The van der Waals surface area contributed by atoms with Gasteiger partial charge in [-0.15, -0.1) is 0 Å². The number of rotatable bonds is 4. The highest BCUT2D eigenvalue weighted by Crippen LogP contribution is 2.44. The number of nitrogens with zero attached hydrogens (tertiary/aromatic N) is 1. The molecule has 1 amide bonds. The molecule has 1 heterocycles. The van der Waals surface area contributed by atoms with Gasteiger partial charge in [0.05, 0.1) is 18.7 Å². The van der Waals surface area contributed by atoms with Gasteiger partial charge in [0.15, 0.2) is 0 Å². The lowest BCUT2D eigenvalue weighted by molar-refractivity contribution is -0.132. The molecule has 1 aliphatic rings. The first kappa shape index (κ1) is 22.9. The zero-order valence-corrected chi connectivity index (χ0v) is 20.7. The first-order chi connectivity index (χ1) is 16.9. The van der Waals surface area contributed by atoms with Crippen LogP contribution in [0, 0.1) is 6.92 Å². The predicted molar refractivity (Wildman–Crippen MR) is 141 cm³/mol. The van der Waals surface area contributed by atoms with Gasteiger partial charge < -0.3 is 9.84 Å². The highest BCUT2D eigenvalue weighted by atomic mass is 79.9. The summed E-state index contributed by atoms with van der Waals surface area (Å²) in [5, 5.41) is 13.3. The number of aliphatic hydroxyl groups is 1. The van der Waals surface area contributed by atoms with Gasteiger partial charge in [0.25, 0.3) is 11.7 Å². The number of Topliss-reactive ketones (excluding diaryl/α,β-unsaturated/α-hetero) is 1. The van der Waals surface area contributed by atoms with E-state index in [1.807, 2.05) is 55.5 Å². The molecule has 0 radical (unpaired) electrons. The first-order valence-corrected chi connectivity index (χ1v) is 11.9. The molecule has 4 aromatic carbocycles. The normalized spacial score (nSPS) is 17.2. The number of carbonyl (C=O) groups is 2. The van der Waals surface area contributed by atoms with Gasteiger partial charge in [0, 0.05) is 15.7 Å². The van der Waals surface area contributed by atoms with Gasteiger partial charge >= 0.3 is 0 Å². The molecule has 0 aliphatic carbocycles. The van der Waals surface area contributed by atoms with Crippen LogP contribution < -0.4 is 9.64 Å². The minimum absolute atomic E-state index is 0.0592. The van der Waals surface area contributed by atoms with Gasteiger partial charge in [-0.05, 0) is 65.2 Å². The predicted octanol–water partition coefficient (Wildman–Crippen LogP) is 6.55. The molecule has 0 bridgehead atoms.